The van der Waals surface area contributed by atoms with Gasteiger partial charge in [0.2, 0.25) is 0 Å². The SMILES string of the molecule is C[C@@H](O)[C@@H](N)c1c(F)cccc1Br. The van der Waals surface area contributed by atoms with Crippen LogP contribution in [0.5, 0.6) is 0 Å². The lowest BCUT2D eigenvalue weighted by molar-refractivity contribution is 0.162. The van der Waals surface area contributed by atoms with Crippen molar-refractivity contribution in [3.05, 3.63) is 34.1 Å². The van der Waals surface area contributed by atoms with Gasteiger partial charge in [-0.25, -0.2) is 4.39 Å². The predicted molar refractivity (Wildman–Crippen MR) is 52.7 cm³/mol. The van der Waals surface area contributed by atoms with Gasteiger partial charge in [0, 0.05) is 10.0 Å². The Morgan fingerprint density at radius 1 is 1.54 bits per heavy atom. The van der Waals surface area contributed by atoms with E-state index in [0.29, 0.717) is 10.0 Å². The Morgan fingerprint density at radius 3 is 2.62 bits per heavy atom. The van der Waals surface area contributed by atoms with Crippen molar-refractivity contribution in [1.29, 1.82) is 0 Å². The molecule has 0 aliphatic carbocycles. The van der Waals surface area contributed by atoms with Crippen LogP contribution in [0, 0.1) is 5.82 Å². The molecule has 72 valence electrons. The maximum Gasteiger partial charge on any atom is 0.129 e. The van der Waals surface area contributed by atoms with Gasteiger partial charge >= 0.3 is 0 Å². The summed E-state index contributed by atoms with van der Waals surface area (Å²) >= 11 is 3.18. The summed E-state index contributed by atoms with van der Waals surface area (Å²) in [6.07, 6.45) is -0.770. The van der Waals surface area contributed by atoms with E-state index in [1.54, 1.807) is 12.1 Å². The van der Waals surface area contributed by atoms with Crippen molar-refractivity contribution >= 4 is 15.9 Å². The average molecular weight is 248 g/mol. The van der Waals surface area contributed by atoms with Crippen molar-refractivity contribution in [2.45, 2.75) is 19.1 Å². The van der Waals surface area contributed by atoms with Crippen molar-refractivity contribution in [2.24, 2.45) is 5.73 Å². The Labute approximate surface area is 84.7 Å². The van der Waals surface area contributed by atoms with E-state index >= 15 is 0 Å². The molecule has 13 heavy (non-hydrogen) atoms. The topological polar surface area (TPSA) is 46.2 Å². The molecule has 0 unspecified atom stereocenters. The van der Waals surface area contributed by atoms with Crippen LogP contribution in [0.15, 0.2) is 22.7 Å². The highest BCUT2D eigenvalue weighted by Crippen LogP contribution is 2.26. The van der Waals surface area contributed by atoms with E-state index < -0.39 is 18.0 Å². The molecule has 0 radical (unpaired) electrons. The summed E-state index contributed by atoms with van der Waals surface area (Å²) in [5, 5.41) is 9.21. The van der Waals surface area contributed by atoms with E-state index in [1.165, 1.54) is 13.0 Å². The molecule has 4 heteroatoms. The van der Waals surface area contributed by atoms with Crippen LogP contribution in [0.3, 0.4) is 0 Å². The summed E-state index contributed by atoms with van der Waals surface area (Å²) < 4.78 is 13.8. The van der Waals surface area contributed by atoms with Crippen LogP contribution in [-0.4, -0.2) is 11.2 Å². The van der Waals surface area contributed by atoms with Crippen molar-refractivity contribution in [3.8, 4) is 0 Å². The monoisotopic (exact) mass is 247 g/mol. The molecule has 0 saturated carbocycles. The Bertz CT molecular complexity index is 283. The Kier molecular flexibility index (Phi) is 3.41. The van der Waals surface area contributed by atoms with E-state index in [1.807, 2.05) is 0 Å². The highest BCUT2D eigenvalue weighted by atomic mass is 79.9. The number of benzene rings is 1. The van der Waals surface area contributed by atoms with Crippen LogP contribution < -0.4 is 5.73 Å². The zero-order valence-electron chi connectivity index (χ0n) is 7.17. The van der Waals surface area contributed by atoms with Crippen LogP contribution in [0.1, 0.15) is 18.5 Å². The van der Waals surface area contributed by atoms with Crippen molar-refractivity contribution < 1.29 is 9.50 Å². The third-order valence-corrected chi connectivity index (χ3v) is 2.54. The Hall–Kier alpha value is -0.450. The smallest absolute Gasteiger partial charge is 0.129 e. The standard InChI is InChI=1S/C9H11BrFNO/c1-5(13)9(12)8-6(10)3-2-4-7(8)11/h2-5,9,13H,12H2,1H3/t5-,9-/m1/s1. The minimum atomic E-state index is -0.770. The van der Waals surface area contributed by atoms with Gasteiger partial charge in [0.15, 0.2) is 0 Å². The normalized spacial score (nSPS) is 15.5. The second kappa shape index (κ2) is 4.17. The lowest BCUT2D eigenvalue weighted by atomic mass is 10.0. The third-order valence-electron chi connectivity index (χ3n) is 1.85. The van der Waals surface area contributed by atoms with Gasteiger partial charge in [-0.1, -0.05) is 22.0 Å². The van der Waals surface area contributed by atoms with Crippen LogP contribution in [0.25, 0.3) is 0 Å². The zero-order chi connectivity index (χ0) is 10.0. The maximum atomic E-state index is 13.2. The summed E-state index contributed by atoms with van der Waals surface area (Å²) in [4.78, 5) is 0. The highest BCUT2D eigenvalue weighted by Gasteiger charge is 2.18. The predicted octanol–water partition coefficient (Wildman–Crippen LogP) is 1.97. The van der Waals surface area contributed by atoms with E-state index in [-0.39, 0.29) is 0 Å². The summed E-state index contributed by atoms with van der Waals surface area (Å²) in [6, 6.07) is 3.90. The van der Waals surface area contributed by atoms with Crippen molar-refractivity contribution in [1.82, 2.24) is 0 Å². The molecule has 0 spiro atoms. The Balaban J connectivity index is 3.12. The maximum absolute atomic E-state index is 13.2. The van der Waals surface area contributed by atoms with Crippen molar-refractivity contribution in [2.75, 3.05) is 0 Å². The number of hydrogen-bond acceptors (Lipinski definition) is 2. The first-order valence-electron chi connectivity index (χ1n) is 3.91. The quantitative estimate of drug-likeness (QED) is 0.840. The van der Waals surface area contributed by atoms with Gasteiger partial charge in [-0.3, -0.25) is 0 Å². The first-order valence-corrected chi connectivity index (χ1v) is 4.71. The molecule has 1 aromatic carbocycles. The molecule has 0 heterocycles. The second-order valence-electron chi connectivity index (χ2n) is 2.90. The molecule has 1 rings (SSSR count). The number of halogens is 2. The van der Waals surface area contributed by atoms with Crippen LogP contribution >= 0.6 is 15.9 Å². The molecule has 0 aromatic heterocycles. The zero-order valence-corrected chi connectivity index (χ0v) is 8.75. The molecule has 2 nitrogen and oxygen atoms in total. The lowest BCUT2D eigenvalue weighted by Crippen LogP contribution is -2.24. The molecular formula is C9H11BrFNO. The van der Waals surface area contributed by atoms with E-state index in [0.717, 1.165) is 0 Å². The van der Waals surface area contributed by atoms with Crippen LogP contribution in [0.2, 0.25) is 0 Å². The molecule has 1 aromatic rings. The number of rotatable bonds is 2. The summed E-state index contributed by atoms with van der Waals surface area (Å²) in [7, 11) is 0. The van der Waals surface area contributed by atoms with Crippen LogP contribution in [-0.2, 0) is 0 Å². The first kappa shape index (κ1) is 10.6. The highest BCUT2D eigenvalue weighted by molar-refractivity contribution is 9.10. The molecule has 0 bridgehead atoms. The largest absolute Gasteiger partial charge is 0.391 e. The second-order valence-corrected chi connectivity index (χ2v) is 3.76. The molecule has 0 aliphatic heterocycles. The first-order chi connectivity index (χ1) is 6.04. The minimum Gasteiger partial charge on any atom is -0.391 e. The summed E-state index contributed by atoms with van der Waals surface area (Å²) in [6.45, 7) is 1.53. The molecule has 3 N–H and O–H groups in total. The van der Waals surface area contributed by atoms with E-state index in [9.17, 15) is 9.50 Å². The van der Waals surface area contributed by atoms with Gasteiger partial charge in [0.1, 0.15) is 5.82 Å². The molecular weight excluding hydrogens is 237 g/mol. The van der Waals surface area contributed by atoms with Crippen molar-refractivity contribution in [3.63, 3.8) is 0 Å². The van der Waals surface area contributed by atoms with Crippen LogP contribution in [0.4, 0.5) is 4.39 Å². The molecule has 0 amide bonds. The van der Waals surface area contributed by atoms with E-state index in [2.05, 4.69) is 15.9 Å². The number of nitrogens with two attached hydrogens (primary N) is 1. The van der Waals surface area contributed by atoms with Gasteiger partial charge in [-0.2, -0.15) is 0 Å². The van der Waals surface area contributed by atoms with Gasteiger partial charge in [0.05, 0.1) is 12.1 Å². The van der Waals surface area contributed by atoms with Gasteiger partial charge < -0.3 is 10.8 Å². The van der Waals surface area contributed by atoms with Gasteiger partial charge in [-0.05, 0) is 19.1 Å². The summed E-state index contributed by atoms with van der Waals surface area (Å²) in [5.41, 5.74) is 5.94. The fraction of sp³-hybridized carbons (Fsp3) is 0.333. The molecule has 0 saturated heterocycles. The fourth-order valence-electron chi connectivity index (χ4n) is 1.07. The number of hydrogen-bond donors (Lipinski definition) is 2. The lowest BCUT2D eigenvalue weighted by Gasteiger charge is -2.17. The van der Waals surface area contributed by atoms with E-state index in [4.69, 9.17) is 5.73 Å². The minimum absolute atomic E-state index is 0.317. The number of aliphatic hydroxyl groups excluding tert-OH is 1. The summed E-state index contributed by atoms with van der Waals surface area (Å²) in [5.74, 6) is -0.400. The third kappa shape index (κ3) is 2.27. The molecule has 0 fully saturated rings. The van der Waals surface area contributed by atoms with Gasteiger partial charge in [-0.15, -0.1) is 0 Å². The van der Waals surface area contributed by atoms with Gasteiger partial charge in [0.25, 0.3) is 0 Å². The fourth-order valence-corrected chi connectivity index (χ4v) is 1.68. The Morgan fingerprint density at radius 2 is 2.15 bits per heavy atom. The average Bonchev–Trinajstić information content (AvgIpc) is 2.03. The number of aliphatic hydroxyl groups is 1. The molecule has 0 aliphatic rings. The molecule has 2 atom stereocenters.